The monoisotopic (exact) mass is 330 g/mol. The third kappa shape index (κ3) is 3.29. The van der Waals surface area contributed by atoms with Crippen LogP contribution in [0.15, 0.2) is 36.4 Å². The normalized spacial score (nSPS) is 10.5. The number of ether oxygens (including phenoxy) is 1. The first-order chi connectivity index (χ1) is 9.11. The highest BCUT2D eigenvalue weighted by Crippen LogP contribution is 2.25. The van der Waals surface area contributed by atoms with E-state index in [1.165, 1.54) is 12.1 Å². The maximum atomic E-state index is 13.6. The van der Waals surface area contributed by atoms with Crippen molar-refractivity contribution in [2.45, 2.75) is 11.9 Å². The Hall–Kier alpha value is -1.49. The summed E-state index contributed by atoms with van der Waals surface area (Å²) in [6.07, 6.45) is 0. The van der Waals surface area contributed by atoms with Crippen LogP contribution in [0, 0.1) is 17.5 Å². The largest absolute Gasteiger partial charge is 0.486 e. The molecule has 0 spiro atoms. The van der Waals surface area contributed by atoms with Crippen LogP contribution in [0.25, 0.3) is 0 Å². The van der Waals surface area contributed by atoms with Gasteiger partial charge < -0.3 is 4.74 Å². The summed E-state index contributed by atoms with van der Waals surface area (Å²) in [5.41, 5.74) is 1.09. The van der Waals surface area contributed by atoms with Crippen LogP contribution in [0.3, 0.4) is 0 Å². The molecule has 100 valence electrons. The van der Waals surface area contributed by atoms with Crippen molar-refractivity contribution in [3.05, 3.63) is 65.0 Å². The Labute approximate surface area is 117 Å². The zero-order valence-electron chi connectivity index (χ0n) is 9.80. The van der Waals surface area contributed by atoms with E-state index < -0.39 is 17.5 Å². The molecule has 0 aliphatic heterocycles. The van der Waals surface area contributed by atoms with E-state index in [1.807, 2.05) is 0 Å². The lowest BCUT2D eigenvalue weighted by molar-refractivity contribution is 0.287. The molecule has 2 aromatic rings. The molecule has 0 saturated heterocycles. The van der Waals surface area contributed by atoms with E-state index in [2.05, 4.69) is 15.9 Å². The summed E-state index contributed by atoms with van der Waals surface area (Å²) in [4.78, 5) is 0. The maximum Gasteiger partial charge on any atom is 0.165 e. The molecule has 0 unspecified atom stereocenters. The molecule has 19 heavy (non-hydrogen) atoms. The fourth-order valence-corrected chi connectivity index (χ4v) is 2.05. The molecule has 0 fully saturated rings. The average Bonchev–Trinajstić information content (AvgIpc) is 2.41. The van der Waals surface area contributed by atoms with Crippen LogP contribution in [0.2, 0.25) is 0 Å². The van der Waals surface area contributed by atoms with Gasteiger partial charge in [-0.1, -0.05) is 34.1 Å². The number of alkyl halides is 1. The van der Waals surface area contributed by atoms with E-state index in [0.717, 1.165) is 12.1 Å². The second-order valence-electron chi connectivity index (χ2n) is 3.90. The Bertz CT molecular complexity index is 587. The molecule has 0 aliphatic rings. The molecule has 0 bridgehead atoms. The van der Waals surface area contributed by atoms with Crippen molar-refractivity contribution in [2.24, 2.45) is 0 Å². The van der Waals surface area contributed by atoms with Crippen LogP contribution in [-0.4, -0.2) is 0 Å². The highest BCUT2D eigenvalue weighted by atomic mass is 79.9. The number of benzene rings is 2. The Morgan fingerprint density at radius 1 is 0.947 bits per heavy atom. The molecule has 2 rings (SSSR count). The highest BCUT2D eigenvalue weighted by Gasteiger charge is 2.10. The fourth-order valence-electron chi connectivity index (χ4n) is 1.61. The van der Waals surface area contributed by atoms with Crippen LogP contribution in [-0.2, 0) is 11.9 Å². The summed E-state index contributed by atoms with van der Waals surface area (Å²) in [7, 11) is 0. The van der Waals surface area contributed by atoms with E-state index in [4.69, 9.17) is 4.74 Å². The predicted octanol–water partition coefficient (Wildman–Crippen LogP) is 4.58. The molecule has 1 nitrogen and oxygen atoms in total. The van der Waals surface area contributed by atoms with Gasteiger partial charge in [-0.15, -0.1) is 0 Å². The van der Waals surface area contributed by atoms with Gasteiger partial charge in [-0.05, 0) is 23.8 Å². The number of para-hydroxylation sites is 1. The first-order valence-corrected chi connectivity index (χ1v) is 6.64. The summed E-state index contributed by atoms with van der Waals surface area (Å²) in [5.74, 6) is -2.24. The molecule has 0 aliphatic carbocycles. The SMILES string of the molecule is Fc1ccc(COc2c(F)cccc2CBr)cc1F. The Morgan fingerprint density at radius 3 is 2.42 bits per heavy atom. The first-order valence-electron chi connectivity index (χ1n) is 5.52. The summed E-state index contributed by atoms with van der Waals surface area (Å²) in [6, 6.07) is 8.03. The van der Waals surface area contributed by atoms with Crippen molar-refractivity contribution in [1.29, 1.82) is 0 Å². The maximum absolute atomic E-state index is 13.6. The van der Waals surface area contributed by atoms with Crippen LogP contribution in [0.4, 0.5) is 13.2 Å². The fraction of sp³-hybridized carbons (Fsp3) is 0.143. The number of hydrogen-bond donors (Lipinski definition) is 0. The van der Waals surface area contributed by atoms with Gasteiger partial charge in [0.15, 0.2) is 23.2 Å². The summed E-state index contributed by atoms with van der Waals surface area (Å²) in [5, 5.41) is 0.442. The van der Waals surface area contributed by atoms with E-state index >= 15 is 0 Å². The van der Waals surface area contributed by atoms with E-state index in [9.17, 15) is 13.2 Å². The van der Waals surface area contributed by atoms with Gasteiger partial charge in [-0.25, -0.2) is 13.2 Å². The third-order valence-electron chi connectivity index (χ3n) is 2.56. The van der Waals surface area contributed by atoms with E-state index in [1.54, 1.807) is 12.1 Å². The topological polar surface area (TPSA) is 9.23 Å². The van der Waals surface area contributed by atoms with Crippen LogP contribution in [0.5, 0.6) is 5.75 Å². The van der Waals surface area contributed by atoms with Gasteiger partial charge >= 0.3 is 0 Å². The van der Waals surface area contributed by atoms with E-state index in [-0.39, 0.29) is 12.4 Å². The molecule has 2 aromatic carbocycles. The molecule has 0 radical (unpaired) electrons. The summed E-state index contributed by atoms with van der Waals surface area (Å²) in [6.45, 7) is -0.0296. The van der Waals surface area contributed by atoms with Crippen molar-refractivity contribution >= 4 is 15.9 Å². The zero-order valence-corrected chi connectivity index (χ0v) is 11.4. The van der Waals surface area contributed by atoms with Crippen molar-refractivity contribution < 1.29 is 17.9 Å². The zero-order chi connectivity index (χ0) is 13.8. The molecule has 5 heteroatoms. The van der Waals surface area contributed by atoms with E-state index in [0.29, 0.717) is 16.5 Å². The molecule has 0 saturated carbocycles. The highest BCUT2D eigenvalue weighted by molar-refractivity contribution is 9.08. The summed E-state index contributed by atoms with van der Waals surface area (Å²) < 4.78 is 44.7. The Kier molecular flexibility index (Phi) is 4.47. The van der Waals surface area contributed by atoms with Crippen molar-refractivity contribution in [1.82, 2.24) is 0 Å². The van der Waals surface area contributed by atoms with Gasteiger partial charge in [0.25, 0.3) is 0 Å². The number of halogens is 4. The number of rotatable bonds is 4. The summed E-state index contributed by atoms with van der Waals surface area (Å²) >= 11 is 3.23. The first kappa shape index (κ1) is 13.9. The minimum absolute atomic E-state index is 0.0296. The molecular weight excluding hydrogens is 321 g/mol. The van der Waals surface area contributed by atoms with Gasteiger partial charge in [-0.2, -0.15) is 0 Å². The molecular formula is C14H10BrF3O. The lowest BCUT2D eigenvalue weighted by Crippen LogP contribution is -2.01. The second-order valence-corrected chi connectivity index (χ2v) is 4.46. The van der Waals surface area contributed by atoms with Crippen molar-refractivity contribution in [3.8, 4) is 5.75 Å². The average molecular weight is 331 g/mol. The second kappa shape index (κ2) is 6.10. The van der Waals surface area contributed by atoms with Gasteiger partial charge in [0.1, 0.15) is 6.61 Å². The third-order valence-corrected chi connectivity index (χ3v) is 3.16. The van der Waals surface area contributed by atoms with Crippen LogP contribution in [0.1, 0.15) is 11.1 Å². The molecule has 0 N–H and O–H groups in total. The van der Waals surface area contributed by atoms with Gasteiger partial charge in [0.2, 0.25) is 0 Å². The quantitative estimate of drug-likeness (QED) is 0.746. The molecule has 0 heterocycles. The molecule has 0 atom stereocenters. The lowest BCUT2D eigenvalue weighted by atomic mass is 10.2. The van der Waals surface area contributed by atoms with Gasteiger partial charge in [-0.3, -0.25) is 0 Å². The number of hydrogen-bond acceptors (Lipinski definition) is 1. The van der Waals surface area contributed by atoms with Crippen LogP contribution < -0.4 is 4.74 Å². The minimum atomic E-state index is -0.949. The minimum Gasteiger partial charge on any atom is -0.486 e. The van der Waals surface area contributed by atoms with Gasteiger partial charge in [0.05, 0.1) is 0 Å². The molecule has 0 aromatic heterocycles. The lowest BCUT2D eigenvalue weighted by Gasteiger charge is -2.11. The Balaban J connectivity index is 2.16. The predicted molar refractivity (Wildman–Crippen MR) is 69.7 cm³/mol. The van der Waals surface area contributed by atoms with Crippen molar-refractivity contribution in [2.75, 3.05) is 0 Å². The van der Waals surface area contributed by atoms with Crippen LogP contribution >= 0.6 is 15.9 Å². The van der Waals surface area contributed by atoms with Gasteiger partial charge in [0, 0.05) is 10.9 Å². The smallest absolute Gasteiger partial charge is 0.165 e. The van der Waals surface area contributed by atoms with Crippen molar-refractivity contribution in [3.63, 3.8) is 0 Å². The molecule has 0 amide bonds. The Morgan fingerprint density at radius 2 is 1.74 bits per heavy atom. The standard InChI is InChI=1S/C14H10BrF3O/c15-7-10-2-1-3-12(17)14(10)19-8-9-4-5-11(16)13(18)6-9/h1-6H,7-8H2.